The van der Waals surface area contributed by atoms with Gasteiger partial charge in [0.05, 0.1) is 4.90 Å². The van der Waals surface area contributed by atoms with E-state index in [0.29, 0.717) is 17.9 Å². The van der Waals surface area contributed by atoms with Crippen LogP contribution in [0.15, 0.2) is 66.0 Å². The molecule has 0 saturated carbocycles. The van der Waals surface area contributed by atoms with Crippen LogP contribution in [0.1, 0.15) is 11.3 Å². The summed E-state index contributed by atoms with van der Waals surface area (Å²) in [6, 6.07) is 10.6. The van der Waals surface area contributed by atoms with Crippen molar-refractivity contribution in [1.29, 1.82) is 0 Å². The minimum atomic E-state index is -3.83. The van der Waals surface area contributed by atoms with E-state index in [2.05, 4.69) is 30.3 Å². The highest BCUT2D eigenvalue weighted by Crippen LogP contribution is 2.16. The normalized spacial score (nSPS) is 10.9. The zero-order chi connectivity index (χ0) is 20.0. The smallest absolute Gasteiger partial charge is 0.319 e. The van der Waals surface area contributed by atoms with Gasteiger partial charge in [0.1, 0.15) is 0 Å². The van der Waals surface area contributed by atoms with Crippen LogP contribution in [0, 0.1) is 6.92 Å². The summed E-state index contributed by atoms with van der Waals surface area (Å²) < 4.78 is 27.1. The summed E-state index contributed by atoms with van der Waals surface area (Å²) in [5, 5.41) is 5.35. The van der Waals surface area contributed by atoms with Crippen LogP contribution >= 0.6 is 0 Å². The number of sulfonamides is 1. The van der Waals surface area contributed by atoms with Crippen molar-refractivity contribution in [3.8, 4) is 0 Å². The number of hydrogen-bond donors (Lipinski definition) is 3. The van der Waals surface area contributed by atoms with Crippen molar-refractivity contribution < 1.29 is 13.2 Å². The molecule has 2 heterocycles. The van der Waals surface area contributed by atoms with Crippen LogP contribution in [0.25, 0.3) is 0 Å². The summed E-state index contributed by atoms with van der Waals surface area (Å²) in [5.41, 5.74) is 2.01. The Balaban J connectivity index is 1.60. The maximum Gasteiger partial charge on any atom is 0.319 e. The van der Waals surface area contributed by atoms with Gasteiger partial charge in [0, 0.05) is 36.5 Å². The molecule has 2 aromatic heterocycles. The lowest BCUT2D eigenvalue weighted by molar-refractivity contribution is 0.251. The molecule has 28 heavy (non-hydrogen) atoms. The Labute approximate surface area is 162 Å². The fourth-order valence-corrected chi connectivity index (χ4v) is 3.20. The predicted octanol–water partition coefficient (Wildman–Crippen LogP) is 2.30. The van der Waals surface area contributed by atoms with Gasteiger partial charge in [0.15, 0.2) is 0 Å². The minimum absolute atomic E-state index is 0.00214. The molecule has 0 unspecified atom stereocenters. The molecule has 3 N–H and O–H groups in total. The lowest BCUT2D eigenvalue weighted by atomic mass is 10.3. The third-order valence-corrected chi connectivity index (χ3v) is 4.99. The van der Waals surface area contributed by atoms with Gasteiger partial charge in [-0.05, 0) is 55.0 Å². The number of carbonyl (C=O) groups is 1. The van der Waals surface area contributed by atoms with Gasteiger partial charge in [0.2, 0.25) is 5.95 Å². The molecule has 0 aliphatic carbocycles. The molecule has 1 aromatic carbocycles. The van der Waals surface area contributed by atoms with E-state index in [9.17, 15) is 13.2 Å². The van der Waals surface area contributed by atoms with Gasteiger partial charge in [0.25, 0.3) is 10.0 Å². The number of hydrogen-bond acceptors (Lipinski definition) is 6. The first-order valence-electron chi connectivity index (χ1n) is 8.29. The second-order valence-electron chi connectivity index (χ2n) is 5.81. The second kappa shape index (κ2) is 8.44. The molecule has 0 fully saturated rings. The Hall–Kier alpha value is -3.53. The van der Waals surface area contributed by atoms with E-state index in [1.54, 1.807) is 37.5 Å². The first-order chi connectivity index (χ1) is 13.4. The molecular weight excluding hydrogens is 380 g/mol. The van der Waals surface area contributed by atoms with Gasteiger partial charge in [-0.25, -0.2) is 27.9 Å². The Morgan fingerprint density at radius 3 is 2.39 bits per heavy atom. The number of benzene rings is 1. The molecule has 0 spiro atoms. The summed E-state index contributed by atoms with van der Waals surface area (Å²) in [5.74, 6) is -0.00214. The van der Waals surface area contributed by atoms with Crippen molar-refractivity contribution in [3.05, 3.63) is 72.3 Å². The number of nitrogens with zero attached hydrogens (tertiary/aromatic N) is 3. The molecule has 0 bridgehead atoms. The topological polar surface area (TPSA) is 126 Å². The lowest BCUT2D eigenvalue weighted by Crippen LogP contribution is -2.28. The first kappa shape index (κ1) is 19.2. The molecule has 3 rings (SSSR count). The number of aromatic nitrogens is 3. The molecule has 0 saturated heterocycles. The maximum atomic E-state index is 12.4. The summed E-state index contributed by atoms with van der Waals surface area (Å²) in [4.78, 5) is 23.8. The summed E-state index contributed by atoms with van der Waals surface area (Å²) in [7, 11) is -3.83. The molecule has 0 aliphatic heterocycles. The van der Waals surface area contributed by atoms with E-state index in [1.165, 1.54) is 30.5 Å². The number of nitrogens with one attached hydrogen (secondary N) is 3. The molecule has 144 valence electrons. The van der Waals surface area contributed by atoms with Crippen LogP contribution in [0.2, 0.25) is 0 Å². The molecule has 0 radical (unpaired) electrons. The highest BCUT2D eigenvalue weighted by molar-refractivity contribution is 7.92. The van der Waals surface area contributed by atoms with Gasteiger partial charge >= 0.3 is 6.03 Å². The molecule has 0 atom stereocenters. The monoisotopic (exact) mass is 398 g/mol. The quantitative estimate of drug-likeness (QED) is 0.585. The van der Waals surface area contributed by atoms with E-state index < -0.39 is 16.1 Å². The largest absolute Gasteiger partial charge is 0.334 e. The standard InChI is InChI=1S/C18H18N6O3S/c1-13-6-11-20-17(22-13)24-28(26,27)16-4-2-15(3-5-16)23-18(25)21-12-14-7-9-19-10-8-14/h2-11H,12H2,1H3,(H,20,22,24)(H2,21,23,25). The Morgan fingerprint density at radius 2 is 1.71 bits per heavy atom. The molecule has 0 aliphatic rings. The van der Waals surface area contributed by atoms with Gasteiger partial charge < -0.3 is 10.6 Å². The fraction of sp³-hybridized carbons (Fsp3) is 0.111. The van der Waals surface area contributed by atoms with E-state index >= 15 is 0 Å². The van der Waals surface area contributed by atoms with Gasteiger partial charge in [-0.15, -0.1) is 0 Å². The molecule has 3 aromatic rings. The van der Waals surface area contributed by atoms with Crippen LogP contribution in [-0.4, -0.2) is 29.4 Å². The number of urea groups is 1. The van der Waals surface area contributed by atoms with Crippen LogP contribution in [0.5, 0.6) is 0 Å². The lowest BCUT2D eigenvalue weighted by Gasteiger charge is -2.09. The average Bonchev–Trinajstić information content (AvgIpc) is 2.67. The van der Waals surface area contributed by atoms with E-state index in [4.69, 9.17) is 0 Å². The van der Waals surface area contributed by atoms with Crippen molar-refractivity contribution in [1.82, 2.24) is 20.3 Å². The van der Waals surface area contributed by atoms with Crippen molar-refractivity contribution in [3.63, 3.8) is 0 Å². The Kier molecular flexibility index (Phi) is 5.80. The highest BCUT2D eigenvalue weighted by atomic mass is 32.2. The van der Waals surface area contributed by atoms with E-state index in [-0.39, 0.29) is 10.8 Å². The molecule has 10 heteroatoms. The fourth-order valence-electron chi connectivity index (χ4n) is 2.25. The number of pyridine rings is 1. The van der Waals surface area contributed by atoms with E-state index in [1.807, 2.05) is 0 Å². The van der Waals surface area contributed by atoms with Gasteiger partial charge in [-0.1, -0.05) is 0 Å². The maximum absolute atomic E-state index is 12.4. The first-order valence-corrected chi connectivity index (χ1v) is 9.77. The molecule has 2 amide bonds. The minimum Gasteiger partial charge on any atom is -0.334 e. The number of carbonyl (C=O) groups excluding carboxylic acids is 1. The summed E-state index contributed by atoms with van der Waals surface area (Å²) in [6.07, 6.45) is 4.76. The van der Waals surface area contributed by atoms with Crippen LogP contribution in [0.3, 0.4) is 0 Å². The number of aryl methyl sites for hydroxylation is 1. The molecular formula is C18H18N6O3S. The van der Waals surface area contributed by atoms with Gasteiger partial charge in [-0.3, -0.25) is 4.98 Å². The highest BCUT2D eigenvalue weighted by Gasteiger charge is 2.15. The van der Waals surface area contributed by atoms with E-state index in [0.717, 1.165) is 5.56 Å². The molecule has 9 nitrogen and oxygen atoms in total. The van der Waals surface area contributed by atoms with Gasteiger partial charge in [-0.2, -0.15) is 0 Å². The van der Waals surface area contributed by atoms with Crippen LogP contribution < -0.4 is 15.4 Å². The SMILES string of the molecule is Cc1ccnc(NS(=O)(=O)c2ccc(NC(=O)NCc3ccncc3)cc2)n1. The summed E-state index contributed by atoms with van der Waals surface area (Å²) >= 11 is 0. The third kappa shape index (κ3) is 5.24. The van der Waals surface area contributed by atoms with Crippen LogP contribution in [-0.2, 0) is 16.6 Å². The number of amides is 2. The van der Waals surface area contributed by atoms with Crippen molar-refractivity contribution in [2.75, 3.05) is 10.0 Å². The summed E-state index contributed by atoms with van der Waals surface area (Å²) in [6.45, 7) is 2.08. The average molecular weight is 398 g/mol. The zero-order valence-electron chi connectivity index (χ0n) is 15.0. The predicted molar refractivity (Wildman–Crippen MR) is 104 cm³/mol. The Bertz CT molecular complexity index is 1060. The van der Waals surface area contributed by atoms with Crippen molar-refractivity contribution >= 4 is 27.7 Å². The van der Waals surface area contributed by atoms with Crippen LogP contribution in [0.4, 0.5) is 16.4 Å². The number of rotatable bonds is 6. The van der Waals surface area contributed by atoms with Crippen molar-refractivity contribution in [2.45, 2.75) is 18.4 Å². The Morgan fingerprint density at radius 1 is 1.00 bits per heavy atom. The second-order valence-corrected chi connectivity index (χ2v) is 7.50. The number of anilines is 2. The van der Waals surface area contributed by atoms with Crippen molar-refractivity contribution in [2.24, 2.45) is 0 Å². The zero-order valence-corrected chi connectivity index (χ0v) is 15.8. The third-order valence-electron chi connectivity index (χ3n) is 3.65.